The summed E-state index contributed by atoms with van der Waals surface area (Å²) in [6.07, 6.45) is 1.03. The van der Waals surface area contributed by atoms with E-state index in [1.165, 1.54) is 13.2 Å². The summed E-state index contributed by atoms with van der Waals surface area (Å²) in [5.41, 5.74) is 9.60. The highest BCUT2D eigenvalue weighted by Gasteiger charge is 2.44. The fourth-order valence-corrected chi connectivity index (χ4v) is 4.96. The summed E-state index contributed by atoms with van der Waals surface area (Å²) in [4.78, 5) is 15.4. The van der Waals surface area contributed by atoms with Crippen LogP contribution in [0.2, 0.25) is 0 Å². The molecular formula is C25H24IN3O3. The molecule has 4 rings (SSSR count). The van der Waals surface area contributed by atoms with Crippen molar-refractivity contribution in [2.24, 2.45) is 11.1 Å². The van der Waals surface area contributed by atoms with Gasteiger partial charge in [-0.05, 0) is 76.4 Å². The number of carbonyl (C=O) groups excluding carboxylic acids is 1. The molecule has 1 unspecified atom stereocenters. The molecule has 0 saturated heterocycles. The fourth-order valence-electron chi connectivity index (χ4n) is 4.60. The molecule has 6 nitrogen and oxygen atoms in total. The first-order valence-corrected chi connectivity index (χ1v) is 11.3. The van der Waals surface area contributed by atoms with Gasteiger partial charge in [0.05, 0.1) is 24.7 Å². The number of allylic oxidation sites excluding steroid dienone is 3. The Kier molecular flexibility index (Phi) is 5.67. The Morgan fingerprint density at radius 3 is 2.53 bits per heavy atom. The topological polar surface area (TPSA) is 99.6 Å². The normalized spacial score (nSPS) is 20.2. The minimum absolute atomic E-state index is 0.00375. The number of hydrogen-bond acceptors (Lipinski definition) is 6. The van der Waals surface area contributed by atoms with Crippen molar-refractivity contribution in [1.29, 1.82) is 5.26 Å². The minimum atomic E-state index is -0.617. The van der Waals surface area contributed by atoms with Gasteiger partial charge in [-0.2, -0.15) is 5.26 Å². The number of nitrogens with zero attached hydrogens (tertiary/aromatic N) is 2. The number of phenols is 1. The second-order valence-corrected chi connectivity index (χ2v) is 10.1. The number of methoxy groups -OCH3 is 1. The zero-order valence-electron chi connectivity index (χ0n) is 18.1. The van der Waals surface area contributed by atoms with Gasteiger partial charge in [0.2, 0.25) is 0 Å². The third-order valence-electron chi connectivity index (χ3n) is 6.00. The molecule has 1 aliphatic carbocycles. The largest absolute Gasteiger partial charge is 0.504 e. The summed E-state index contributed by atoms with van der Waals surface area (Å²) >= 11 is 2.24. The molecule has 1 heterocycles. The van der Waals surface area contributed by atoms with Crippen LogP contribution < -0.4 is 15.4 Å². The van der Waals surface area contributed by atoms with Gasteiger partial charge < -0.3 is 15.6 Å². The second kappa shape index (κ2) is 8.17. The summed E-state index contributed by atoms with van der Waals surface area (Å²) in [6.45, 7) is 4.14. The van der Waals surface area contributed by atoms with Crippen molar-refractivity contribution < 1.29 is 14.6 Å². The first-order valence-electron chi connectivity index (χ1n) is 10.3. The number of nitriles is 1. The molecule has 2 aliphatic rings. The molecule has 3 N–H and O–H groups in total. The van der Waals surface area contributed by atoms with E-state index in [0.29, 0.717) is 35.4 Å². The first kappa shape index (κ1) is 22.2. The number of Topliss-reactive ketones (excluding diaryl/α,β-unsaturated/α-hetero) is 1. The van der Waals surface area contributed by atoms with Gasteiger partial charge in [0.15, 0.2) is 17.3 Å². The maximum absolute atomic E-state index is 13.5. The van der Waals surface area contributed by atoms with Gasteiger partial charge >= 0.3 is 0 Å². The molecule has 0 fully saturated rings. The number of benzene rings is 2. The standard InChI is InChI=1S/C25H24IN3O3/c1-25(2)11-18-23(20(31)12-25)22(14-4-9-19(30)21(10-14)32-3)17(13-27)24(28)29(18)16-7-5-15(26)6-8-16/h4-10,22,30H,11-12,28H2,1-3H3. The van der Waals surface area contributed by atoms with E-state index in [4.69, 9.17) is 10.5 Å². The number of aromatic hydroxyl groups is 1. The second-order valence-electron chi connectivity index (χ2n) is 8.89. The highest BCUT2D eigenvalue weighted by atomic mass is 127. The smallest absolute Gasteiger partial charge is 0.162 e. The highest BCUT2D eigenvalue weighted by Crippen LogP contribution is 2.50. The number of anilines is 1. The average Bonchev–Trinajstić information content (AvgIpc) is 2.73. The van der Waals surface area contributed by atoms with Crippen molar-refractivity contribution in [3.05, 3.63) is 74.3 Å². The van der Waals surface area contributed by atoms with Gasteiger partial charge in [-0.15, -0.1) is 0 Å². The molecule has 0 bridgehead atoms. The zero-order chi connectivity index (χ0) is 23.2. The third kappa shape index (κ3) is 3.73. The lowest BCUT2D eigenvalue weighted by Gasteiger charge is -2.43. The van der Waals surface area contributed by atoms with Crippen LogP contribution in [-0.4, -0.2) is 18.0 Å². The van der Waals surface area contributed by atoms with Crippen molar-refractivity contribution in [1.82, 2.24) is 0 Å². The Hall–Kier alpha value is -2.99. The van der Waals surface area contributed by atoms with Crippen LogP contribution in [0.15, 0.2) is 65.1 Å². The minimum Gasteiger partial charge on any atom is -0.504 e. The SMILES string of the molecule is COc1cc(C2C(C#N)=C(N)N(c3ccc(I)cc3)C3=C2C(=O)CC(C)(C)C3)ccc1O. The number of ketones is 1. The summed E-state index contributed by atoms with van der Waals surface area (Å²) in [5.74, 6) is -0.0234. The maximum atomic E-state index is 13.5. The van der Waals surface area contributed by atoms with Gasteiger partial charge in [0.25, 0.3) is 0 Å². The monoisotopic (exact) mass is 541 g/mol. The van der Waals surface area contributed by atoms with E-state index in [1.807, 2.05) is 29.2 Å². The van der Waals surface area contributed by atoms with E-state index in [-0.39, 0.29) is 22.7 Å². The molecule has 0 spiro atoms. The third-order valence-corrected chi connectivity index (χ3v) is 6.72. The Balaban J connectivity index is 1.99. The van der Waals surface area contributed by atoms with Crippen LogP contribution in [0.25, 0.3) is 0 Å². The van der Waals surface area contributed by atoms with Crippen LogP contribution in [0.1, 0.15) is 38.2 Å². The molecule has 1 atom stereocenters. The van der Waals surface area contributed by atoms with E-state index in [0.717, 1.165) is 15.0 Å². The quantitative estimate of drug-likeness (QED) is 0.534. The van der Waals surface area contributed by atoms with E-state index < -0.39 is 5.92 Å². The molecular weight excluding hydrogens is 517 g/mol. The number of ether oxygens (including phenoxy) is 1. The van der Waals surface area contributed by atoms with Crippen LogP contribution >= 0.6 is 22.6 Å². The Morgan fingerprint density at radius 1 is 1.22 bits per heavy atom. The molecule has 0 amide bonds. The van der Waals surface area contributed by atoms with Crippen molar-refractivity contribution in [2.45, 2.75) is 32.6 Å². The van der Waals surface area contributed by atoms with Gasteiger partial charge in [-0.3, -0.25) is 9.69 Å². The van der Waals surface area contributed by atoms with E-state index in [2.05, 4.69) is 42.5 Å². The Morgan fingerprint density at radius 2 is 1.91 bits per heavy atom. The maximum Gasteiger partial charge on any atom is 0.162 e. The predicted octanol–water partition coefficient (Wildman–Crippen LogP) is 4.95. The molecule has 2 aromatic carbocycles. The molecule has 1 aliphatic heterocycles. The molecule has 0 aromatic heterocycles. The number of nitrogens with two attached hydrogens (primary N) is 1. The number of hydrogen-bond donors (Lipinski definition) is 2. The van der Waals surface area contributed by atoms with Crippen molar-refractivity contribution in [3.63, 3.8) is 0 Å². The van der Waals surface area contributed by atoms with Crippen molar-refractivity contribution >= 4 is 34.1 Å². The van der Waals surface area contributed by atoms with Gasteiger partial charge in [0.1, 0.15) is 5.82 Å². The average molecular weight is 541 g/mol. The fraction of sp³-hybridized carbons (Fsp3) is 0.280. The van der Waals surface area contributed by atoms with E-state index in [1.54, 1.807) is 12.1 Å². The number of halogens is 1. The van der Waals surface area contributed by atoms with Gasteiger partial charge in [0, 0.05) is 26.9 Å². The lowest BCUT2D eigenvalue weighted by Crippen LogP contribution is -2.42. The van der Waals surface area contributed by atoms with Crippen molar-refractivity contribution in [3.8, 4) is 17.6 Å². The number of carbonyl (C=O) groups is 1. The van der Waals surface area contributed by atoms with Gasteiger partial charge in [-0.1, -0.05) is 19.9 Å². The zero-order valence-corrected chi connectivity index (χ0v) is 20.3. The summed E-state index contributed by atoms with van der Waals surface area (Å²) in [6, 6.07) is 15.0. The molecule has 7 heteroatoms. The molecule has 2 aromatic rings. The van der Waals surface area contributed by atoms with E-state index in [9.17, 15) is 15.2 Å². The first-order chi connectivity index (χ1) is 15.2. The molecule has 0 radical (unpaired) electrons. The highest BCUT2D eigenvalue weighted by molar-refractivity contribution is 14.1. The lowest BCUT2D eigenvalue weighted by molar-refractivity contribution is -0.118. The predicted molar refractivity (Wildman–Crippen MR) is 131 cm³/mol. The summed E-state index contributed by atoms with van der Waals surface area (Å²) in [5, 5.41) is 20.2. The number of rotatable bonds is 3. The van der Waals surface area contributed by atoms with Crippen LogP contribution in [0.3, 0.4) is 0 Å². The van der Waals surface area contributed by atoms with Crippen LogP contribution in [-0.2, 0) is 4.79 Å². The summed E-state index contributed by atoms with van der Waals surface area (Å²) in [7, 11) is 1.46. The Bertz CT molecular complexity index is 1210. The number of phenolic OH excluding ortho intramolecular Hbond substituents is 1. The molecule has 32 heavy (non-hydrogen) atoms. The van der Waals surface area contributed by atoms with Crippen molar-refractivity contribution in [2.75, 3.05) is 12.0 Å². The summed E-state index contributed by atoms with van der Waals surface area (Å²) < 4.78 is 6.36. The lowest BCUT2D eigenvalue weighted by atomic mass is 9.68. The van der Waals surface area contributed by atoms with Crippen LogP contribution in [0.5, 0.6) is 11.5 Å². The van der Waals surface area contributed by atoms with Crippen LogP contribution in [0, 0.1) is 20.3 Å². The Labute approximate surface area is 201 Å². The van der Waals surface area contributed by atoms with Gasteiger partial charge in [-0.25, -0.2) is 0 Å². The van der Waals surface area contributed by atoms with Crippen LogP contribution in [0.4, 0.5) is 5.69 Å². The molecule has 0 saturated carbocycles. The molecule has 164 valence electrons. The van der Waals surface area contributed by atoms with E-state index >= 15 is 0 Å².